The number of carbonyl (C=O) groups excluding carboxylic acids is 1. The molecule has 0 spiro atoms. The fraction of sp³-hybridized carbons (Fsp3) is 0.261. The molecule has 0 unspecified atom stereocenters. The number of nitrogens with zero attached hydrogens (tertiary/aromatic N) is 3. The van der Waals surface area contributed by atoms with Crippen LogP contribution in [-0.4, -0.2) is 47.3 Å². The normalized spacial score (nSPS) is 14.7. The fourth-order valence-electron chi connectivity index (χ4n) is 3.82. The van der Waals surface area contributed by atoms with Gasteiger partial charge in [0.1, 0.15) is 11.5 Å². The molecular formula is C23H26N6O3S. The highest BCUT2D eigenvalue weighted by molar-refractivity contribution is 7.89. The minimum atomic E-state index is -3.53. The van der Waals surface area contributed by atoms with Crippen LogP contribution in [0, 0.1) is 12.3 Å². The van der Waals surface area contributed by atoms with E-state index >= 15 is 0 Å². The number of nitrogen functional groups attached to an aromatic ring is 1. The molecule has 0 radical (unpaired) electrons. The van der Waals surface area contributed by atoms with E-state index in [0.29, 0.717) is 41.4 Å². The van der Waals surface area contributed by atoms with Gasteiger partial charge in [0, 0.05) is 24.3 Å². The second-order valence-corrected chi connectivity index (χ2v) is 9.93. The summed E-state index contributed by atoms with van der Waals surface area (Å²) in [6, 6.07) is 14.8. The molecule has 0 saturated carbocycles. The van der Waals surface area contributed by atoms with Crippen LogP contribution < -0.4 is 11.1 Å². The van der Waals surface area contributed by atoms with Crippen molar-refractivity contribution in [1.29, 1.82) is 5.41 Å². The summed E-state index contributed by atoms with van der Waals surface area (Å²) in [5, 5.41) is 14.8. The zero-order valence-corrected chi connectivity index (χ0v) is 19.1. The minimum absolute atomic E-state index is 0.0775. The monoisotopic (exact) mass is 466 g/mol. The topological polar surface area (TPSA) is 134 Å². The van der Waals surface area contributed by atoms with Crippen LogP contribution in [0.3, 0.4) is 0 Å². The Morgan fingerprint density at radius 3 is 2.42 bits per heavy atom. The average Bonchev–Trinajstić information content (AvgIpc) is 3.22. The largest absolute Gasteiger partial charge is 0.384 e. The third-order valence-electron chi connectivity index (χ3n) is 5.53. The number of anilines is 1. The number of amides is 1. The summed E-state index contributed by atoms with van der Waals surface area (Å²) in [6.07, 6.45) is 2.79. The summed E-state index contributed by atoms with van der Waals surface area (Å²) < 4.78 is 28.7. The van der Waals surface area contributed by atoms with Crippen molar-refractivity contribution in [3.8, 4) is 5.69 Å². The lowest BCUT2D eigenvalue weighted by Gasteiger charge is -2.25. The molecule has 1 fully saturated rings. The molecule has 0 aliphatic carbocycles. The first-order valence-electron chi connectivity index (χ1n) is 10.7. The number of nitrogens with two attached hydrogens (primary N) is 1. The van der Waals surface area contributed by atoms with Gasteiger partial charge in [-0.05, 0) is 62.2 Å². The number of piperidine rings is 1. The van der Waals surface area contributed by atoms with Crippen LogP contribution in [0.4, 0.5) is 5.69 Å². The highest BCUT2D eigenvalue weighted by atomic mass is 32.2. The number of hydrogen-bond acceptors (Lipinski definition) is 5. The van der Waals surface area contributed by atoms with Crippen LogP contribution in [0.15, 0.2) is 59.5 Å². The number of sulfonamides is 1. The van der Waals surface area contributed by atoms with Crippen molar-refractivity contribution in [3.63, 3.8) is 0 Å². The lowest BCUT2D eigenvalue weighted by Crippen LogP contribution is -2.35. The van der Waals surface area contributed by atoms with Gasteiger partial charge >= 0.3 is 0 Å². The molecule has 3 aromatic rings. The predicted molar refractivity (Wildman–Crippen MR) is 126 cm³/mol. The van der Waals surface area contributed by atoms with Gasteiger partial charge in [-0.3, -0.25) is 10.2 Å². The smallest absolute Gasteiger partial charge is 0.274 e. The number of hydrogen-bond donors (Lipinski definition) is 3. The summed E-state index contributed by atoms with van der Waals surface area (Å²) in [4.78, 5) is 13.2. The molecule has 1 aromatic heterocycles. The van der Waals surface area contributed by atoms with Gasteiger partial charge in [0.15, 0.2) is 0 Å². The van der Waals surface area contributed by atoms with Gasteiger partial charge in [-0.2, -0.15) is 9.40 Å². The maximum Gasteiger partial charge on any atom is 0.274 e. The Bertz CT molecular complexity index is 1290. The third-order valence-corrected chi connectivity index (χ3v) is 7.44. The number of nitrogens with one attached hydrogen (secondary N) is 2. The van der Waals surface area contributed by atoms with E-state index in [1.165, 1.54) is 21.1 Å². The van der Waals surface area contributed by atoms with Crippen molar-refractivity contribution in [2.75, 3.05) is 18.4 Å². The molecule has 1 amide bonds. The molecule has 4 N–H and O–H groups in total. The first-order valence-corrected chi connectivity index (χ1v) is 12.1. The Morgan fingerprint density at radius 2 is 1.76 bits per heavy atom. The minimum Gasteiger partial charge on any atom is -0.384 e. The maximum absolute atomic E-state index is 13.0. The first kappa shape index (κ1) is 22.7. The average molecular weight is 467 g/mol. The summed E-state index contributed by atoms with van der Waals surface area (Å²) in [6.45, 7) is 2.85. The van der Waals surface area contributed by atoms with Gasteiger partial charge in [0.05, 0.1) is 16.3 Å². The van der Waals surface area contributed by atoms with Crippen LogP contribution in [-0.2, 0) is 10.0 Å². The molecule has 172 valence electrons. The molecule has 1 saturated heterocycles. The van der Waals surface area contributed by atoms with Crippen molar-refractivity contribution >= 4 is 27.5 Å². The van der Waals surface area contributed by atoms with E-state index in [9.17, 15) is 13.2 Å². The summed E-state index contributed by atoms with van der Waals surface area (Å²) in [7, 11) is -3.53. The van der Waals surface area contributed by atoms with E-state index < -0.39 is 15.9 Å². The van der Waals surface area contributed by atoms with E-state index in [1.807, 2.05) is 0 Å². The highest BCUT2D eigenvalue weighted by Crippen LogP contribution is 2.23. The maximum atomic E-state index is 13.0. The van der Waals surface area contributed by atoms with E-state index in [2.05, 4.69) is 10.4 Å². The van der Waals surface area contributed by atoms with E-state index in [-0.39, 0.29) is 10.7 Å². The number of aryl methyl sites for hydroxylation is 1. The number of carbonyl (C=O) groups is 1. The molecule has 2 heterocycles. The first-order chi connectivity index (χ1) is 15.8. The van der Waals surface area contributed by atoms with Crippen LogP contribution in [0.1, 0.15) is 41.0 Å². The lowest BCUT2D eigenvalue weighted by atomic mass is 10.2. The van der Waals surface area contributed by atoms with E-state index in [1.54, 1.807) is 49.4 Å². The Hall–Kier alpha value is -3.50. The Morgan fingerprint density at radius 1 is 1.06 bits per heavy atom. The predicted octanol–water partition coefficient (Wildman–Crippen LogP) is 2.89. The van der Waals surface area contributed by atoms with Gasteiger partial charge in [-0.25, -0.2) is 13.1 Å². The quantitative estimate of drug-likeness (QED) is 0.379. The molecule has 10 heteroatoms. The SMILES string of the molecule is Cc1cc(C(=O)Nc2ccc(S(=O)(=O)N3CCCCC3)cc2)n(-c2cccc(C(=N)N)c2)n1. The van der Waals surface area contributed by atoms with Crippen molar-refractivity contribution < 1.29 is 13.2 Å². The van der Waals surface area contributed by atoms with Crippen LogP contribution in [0.25, 0.3) is 5.69 Å². The van der Waals surface area contributed by atoms with Crippen molar-refractivity contribution in [3.05, 3.63) is 71.5 Å². The lowest BCUT2D eigenvalue weighted by molar-refractivity contribution is 0.101. The fourth-order valence-corrected chi connectivity index (χ4v) is 5.34. The number of rotatable bonds is 6. The Balaban J connectivity index is 1.55. The van der Waals surface area contributed by atoms with Gasteiger partial charge in [0.2, 0.25) is 10.0 Å². The second kappa shape index (κ2) is 9.16. The number of aromatic nitrogens is 2. The van der Waals surface area contributed by atoms with Gasteiger partial charge < -0.3 is 11.1 Å². The molecule has 4 rings (SSSR count). The Labute approximate surface area is 192 Å². The van der Waals surface area contributed by atoms with Crippen molar-refractivity contribution in [1.82, 2.24) is 14.1 Å². The van der Waals surface area contributed by atoms with E-state index in [4.69, 9.17) is 11.1 Å². The third kappa shape index (κ3) is 4.81. The van der Waals surface area contributed by atoms with E-state index in [0.717, 1.165) is 19.3 Å². The second-order valence-electron chi connectivity index (χ2n) is 7.99. The highest BCUT2D eigenvalue weighted by Gasteiger charge is 2.26. The zero-order valence-electron chi connectivity index (χ0n) is 18.3. The molecule has 1 aliphatic heterocycles. The standard InChI is InChI=1S/C23H26N6O3S/c1-16-14-21(29(27-16)19-7-5-6-17(15-19)22(24)25)23(30)26-18-8-10-20(11-9-18)33(31,32)28-12-3-2-4-13-28/h5-11,14-15H,2-4,12-13H2,1H3,(H3,24,25)(H,26,30). The van der Waals surface area contributed by atoms with Gasteiger partial charge in [0.25, 0.3) is 5.91 Å². The molecule has 0 bridgehead atoms. The van der Waals surface area contributed by atoms with Crippen molar-refractivity contribution in [2.24, 2.45) is 5.73 Å². The molecule has 1 aliphatic rings. The van der Waals surface area contributed by atoms with Crippen LogP contribution in [0.2, 0.25) is 0 Å². The van der Waals surface area contributed by atoms with Gasteiger partial charge in [-0.15, -0.1) is 0 Å². The van der Waals surface area contributed by atoms with Crippen molar-refractivity contribution in [2.45, 2.75) is 31.1 Å². The molecule has 0 atom stereocenters. The molecule has 9 nitrogen and oxygen atoms in total. The zero-order chi connectivity index (χ0) is 23.6. The van der Waals surface area contributed by atoms with Crippen LogP contribution in [0.5, 0.6) is 0 Å². The van der Waals surface area contributed by atoms with Gasteiger partial charge in [-0.1, -0.05) is 18.6 Å². The summed E-state index contributed by atoms with van der Waals surface area (Å²) in [5.74, 6) is -0.471. The molecule has 33 heavy (non-hydrogen) atoms. The number of amidine groups is 1. The van der Waals surface area contributed by atoms with Crippen LogP contribution >= 0.6 is 0 Å². The Kier molecular flexibility index (Phi) is 6.30. The summed E-state index contributed by atoms with van der Waals surface area (Å²) in [5.41, 5.74) is 8.14. The molecule has 2 aromatic carbocycles. The molecular weight excluding hydrogens is 440 g/mol. The summed E-state index contributed by atoms with van der Waals surface area (Å²) >= 11 is 0. The number of benzene rings is 2.